The van der Waals surface area contributed by atoms with Crippen LogP contribution in [0.2, 0.25) is 0 Å². The number of hydrogen-bond acceptors (Lipinski definition) is 2. The first-order valence-corrected chi connectivity index (χ1v) is 6.60. The molecule has 1 aliphatic carbocycles. The fraction of sp³-hybridized carbons (Fsp3) is 0.714. The zero-order chi connectivity index (χ0) is 12.6. The van der Waals surface area contributed by atoms with E-state index < -0.39 is 0 Å². The van der Waals surface area contributed by atoms with Crippen molar-refractivity contribution >= 4 is 0 Å². The van der Waals surface area contributed by atoms with E-state index in [-0.39, 0.29) is 0 Å². The summed E-state index contributed by atoms with van der Waals surface area (Å²) < 4.78 is 0. The fourth-order valence-electron chi connectivity index (χ4n) is 1.97. The predicted molar refractivity (Wildman–Crippen MR) is 70.8 cm³/mol. The molecule has 0 fully saturated rings. The molecule has 2 heteroatoms. The molecule has 2 nitrogen and oxygen atoms in total. The van der Waals surface area contributed by atoms with Crippen LogP contribution in [0.4, 0.5) is 0 Å². The van der Waals surface area contributed by atoms with Crippen molar-refractivity contribution < 1.29 is 0 Å². The van der Waals surface area contributed by atoms with Gasteiger partial charge in [-0.1, -0.05) is 27.7 Å². The highest BCUT2D eigenvalue weighted by Crippen LogP contribution is 2.23. The summed E-state index contributed by atoms with van der Waals surface area (Å²) in [6, 6.07) is 0. The van der Waals surface area contributed by atoms with E-state index >= 15 is 0 Å². The monoisotopic (exact) mass is 222 g/mol. The van der Waals surface area contributed by atoms with Gasteiger partial charge in [-0.05, 0) is 50.7 Å². The zero-order valence-corrected chi connectivity index (χ0v) is 11.7. The van der Waals surface area contributed by atoms with Crippen LogP contribution in [0.1, 0.15) is 63.1 Å². The number of nitrogens with zero attached hydrogens (tertiary/aromatic N) is 2. The van der Waals surface area contributed by atoms with E-state index in [9.17, 15) is 0 Å². The summed E-state index contributed by atoms with van der Waals surface area (Å²) in [7, 11) is 0. The highest BCUT2D eigenvalue weighted by molar-refractivity contribution is 5.33. The second-order valence-corrected chi connectivity index (χ2v) is 3.54. The highest BCUT2D eigenvalue weighted by Gasteiger charge is 2.14. The molecule has 0 aliphatic heterocycles. The molecule has 2 rings (SSSR count). The SMILES string of the molecule is CC.CC.Cc1nnc(C)c2c1CCCC2. The lowest BCUT2D eigenvalue weighted by atomic mass is 9.90. The summed E-state index contributed by atoms with van der Waals surface area (Å²) in [4.78, 5) is 0. The smallest absolute Gasteiger partial charge is 0.0635 e. The standard InChI is InChI=1S/C10H14N2.2C2H6/c1-7-9-5-3-4-6-10(9)8(2)12-11-7;2*1-2/h3-6H2,1-2H3;2*1-2H3. The van der Waals surface area contributed by atoms with E-state index in [0.717, 1.165) is 11.4 Å². The second-order valence-electron chi connectivity index (χ2n) is 3.54. The molecule has 0 saturated carbocycles. The normalized spacial score (nSPS) is 12.6. The molecular formula is C14H26N2. The minimum atomic E-state index is 1.13. The molecule has 0 spiro atoms. The molecule has 0 saturated heterocycles. The fourth-order valence-corrected chi connectivity index (χ4v) is 1.97. The summed E-state index contributed by atoms with van der Waals surface area (Å²) in [5, 5.41) is 8.28. The Morgan fingerprint density at radius 3 is 1.31 bits per heavy atom. The largest absolute Gasteiger partial charge is 0.155 e. The van der Waals surface area contributed by atoms with Crippen molar-refractivity contribution in [2.75, 3.05) is 0 Å². The predicted octanol–water partition coefficient (Wildman–Crippen LogP) is 4.02. The second kappa shape index (κ2) is 8.26. The van der Waals surface area contributed by atoms with Gasteiger partial charge in [0.2, 0.25) is 0 Å². The summed E-state index contributed by atoms with van der Waals surface area (Å²) in [5.74, 6) is 0. The topological polar surface area (TPSA) is 25.8 Å². The zero-order valence-electron chi connectivity index (χ0n) is 11.7. The third-order valence-electron chi connectivity index (χ3n) is 2.69. The Morgan fingerprint density at radius 2 is 1.00 bits per heavy atom. The summed E-state index contributed by atoms with van der Waals surface area (Å²) in [6.07, 6.45) is 5.05. The van der Waals surface area contributed by atoms with Gasteiger partial charge in [0.05, 0.1) is 11.4 Å². The first kappa shape index (κ1) is 15.1. The van der Waals surface area contributed by atoms with Crippen LogP contribution in [-0.4, -0.2) is 10.2 Å². The first-order chi connectivity index (χ1) is 7.79. The lowest BCUT2D eigenvalue weighted by Crippen LogP contribution is -2.10. The minimum Gasteiger partial charge on any atom is -0.155 e. The first-order valence-electron chi connectivity index (χ1n) is 6.60. The average Bonchev–Trinajstić information content (AvgIpc) is 2.39. The van der Waals surface area contributed by atoms with Crippen molar-refractivity contribution in [1.29, 1.82) is 0 Å². The maximum absolute atomic E-state index is 4.14. The van der Waals surface area contributed by atoms with E-state index in [2.05, 4.69) is 24.0 Å². The van der Waals surface area contributed by atoms with Crippen molar-refractivity contribution in [2.45, 2.75) is 67.2 Å². The van der Waals surface area contributed by atoms with Crippen molar-refractivity contribution in [3.63, 3.8) is 0 Å². The summed E-state index contributed by atoms with van der Waals surface area (Å²) in [5.41, 5.74) is 5.20. The Labute approximate surface area is 100 Å². The molecular weight excluding hydrogens is 196 g/mol. The summed E-state index contributed by atoms with van der Waals surface area (Å²) in [6.45, 7) is 12.1. The quantitative estimate of drug-likeness (QED) is 0.662. The molecule has 0 aromatic carbocycles. The molecule has 0 amide bonds. The lowest BCUT2D eigenvalue weighted by Gasteiger charge is -2.17. The Morgan fingerprint density at radius 1 is 0.688 bits per heavy atom. The molecule has 1 aromatic rings. The molecule has 0 radical (unpaired) electrons. The van der Waals surface area contributed by atoms with Gasteiger partial charge in [-0.2, -0.15) is 10.2 Å². The molecule has 0 atom stereocenters. The van der Waals surface area contributed by atoms with Gasteiger partial charge in [0, 0.05) is 0 Å². The molecule has 92 valence electrons. The molecule has 0 bridgehead atoms. The van der Waals surface area contributed by atoms with Gasteiger partial charge >= 0.3 is 0 Å². The van der Waals surface area contributed by atoms with Crippen molar-refractivity contribution in [3.8, 4) is 0 Å². The Hall–Kier alpha value is -0.920. The van der Waals surface area contributed by atoms with E-state index in [1.165, 1.54) is 36.8 Å². The van der Waals surface area contributed by atoms with Crippen molar-refractivity contribution in [1.82, 2.24) is 10.2 Å². The maximum Gasteiger partial charge on any atom is 0.0635 e. The van der Waals surface area contributed by atoms with E-state index in [1.54, 1.807) is 0 Å². The van der Waals surface area contributed by atoms with E-state index in [4.69, 9.17) is 0 Å². The van der Waals surface area contributed by atoms with Crippen LogP contribution in [0.3, 0.4) is 0 Å². The number of hydrogen-bond donors (Lipinski definition) is 0. The van der Waals surface area contributed by atoms with Gasteiger partial charge in [0.25, 0.3) is 0 Å². The molecule has 1 heterocycles. The number of aromatic nitrogens is 2. The van der Waals surface area contributed by atoms with Gasteiger partial charge in [0.1, 0.15) is 0 Å². The van der Waals surface area contributed by atoms with Crippen LogP contribution >= 0.6 is 0 Å². The molecule has 0 N–H and O–H groups in total. The number of rotatable bonds is 0. The van der Waals surface area contributed by atoms with E-state index in [1.807, 2.05) is 27.7 Å². The lowest BCUT2D eigenvalue weighted by molar-refractivity contribution is 0.660. The summed E-state index contributed by atoms with van der Waals surface area (Å²) >= 11 is 0. The minimum absolute atomic E-state index is 1.13. The average molecular weight is 222 g/mol. The van der Waals surface area contributed by atoms with Crippen LogP contribution in [0, 0.1) is 13.8 Å². The third kappa shape index (κ3) is 3.58. The number of aryl methyl sites for hydroxylation is 2. The number of fused-ring (bicyclic) bond motifs is 1. The third-order valence-corrected chi connectivity index (χ3v) is 2.69. The highest BCUT2D eigenvalue weighted by atomic mass is 15.1. The molecule has 1 aliphatic rings. The van der Waals surface area contributed by atoms with Crippen LogP contribution in [0.25, 0.3) is 0 Å². The Kier molecular flexibility index (Phi) is 7.78. The van der Waals surface area contributed by atoms with Gasteiger partial charge < -0.3 is 0 Å². The Balaban J connectivity index is 0.000000509. The van der Waals surface area contributed by atoms with Crippen LogP contribution in [0.5, 0.6) is 0 Å². The van der Waals surface area contributed by atoms with Gasteiger partial charge in [0.15, 0.2) is 0 Å². The van der Waals surface area contributed by atoms with Gasteiger partial charge in [-0.25, -0.2) is 0 Å². The Bertz CT molecular complexity index is 275. The van der Waals surface area contributed by atoms with Gasteiger partial charge in [-0.3, -0.25) is 0 Å². The molecule has 1 aromatic heterocycles. The van der Waals surface area contributed by atoms with Gasteiger partial charge in [-0.15, -0.1) is 0 Å². The van der Waals surface area contributed by atoms with Crippen LogP contribution < -0.4 is 0 Å². The molecule has 0 unspecified atom stereocenters. The van der Waals surface area contributed by atoms with E-state index in [0.29, 0.717) is 0 Å². The van der Waals surface area contributed by atoms with Crippen molar-refractivity contribution in [3.05, 3.63) is 22.5 Å². The van der Waals surface area contributed by atoms with Crippen molar-refractivity contribution in [2.24, 2.45) is 0 Å². The van der Waals surface area contributed by atoms with Crippen LogP contribution in [0.15, 0.2) is 0 Å². The molecule has 16 heavy (non-hydrogen) atoms. The maximum atomic E-state index is 4.14. The van der Waals surface area contributed by atoms with Crippen LogP contribution in [-0.2, 0) is 12.8 Å².